The van der Waals surface area contributed by atoms with Gasteiger partial charge in [-0.25, -0.2) is 4.98 Å². The van der Waals surface area contributed by atoms with Crippen LogP contribution >= 0.6 is 11.3 Å². The van der Waals surface area contributed by atoms with Gasteiger partial charge in [-0.2, -0.15) is 0 Å². The lowest BCUT2D eigenvalue weighted by molar-refractivity contribution is 0.142. The lowest BCUT2D eigenvalue weighted by Gasteiger charge is -2.39. The Hall–Kier alpha value is -0.410. The van der Waals surface area contributed by atoms with E-state index < -0.39 is 0 Å². The molecule has 2 atom stereocenters. The standard InChI is InChI=1S/C13H22N2S/c1-2-11-4-3-5-13(8-11,10-14)9-12-15-6-7-16-12/h6-7,11H,2-5,8-10,14H2,1H3. The molecule has 1 aliphatic rings. The van der Waals surface area contributed by atoms with Crippen LogP contribution in [-0.4, -0.2) is 11.5 Å². The first-order chi connectivity index (χ1) is 7.78. The van der Waals surface area contributed by atoms with Gasteiger partial charge in [0.05, 0.1) is 5.01 Å². The van der Waals surface area contributed by atoms with E-state index in [-0.39, 0.29) is 0 Å². The van der Waals surface area contributed by atoms with E-state index >= 15 is 0 Å². The average molecular weight is 238 g/mol. The number of nitrogens with zero attached hydrogens (tertiary/aromatic N) is 1. The Balaban J connectivity index is 2.06. The van der Waals surface area contributed by atoms with E-state index in [4.69, 9.17) is 5.73 Å². The van der Waals surface area contributed by atoms with Gasteiger partial charge in [0.2, 0.25) is 0 Å². The fourth-order valence-electron chi connectivity index (χ4n) is 3.01. The number of nitrogens with two attached hydrogens (primary N) is 1. The third-order valence-corrected chi connectivity index (χ3v) is 4.84. The van der Waals surface area contributed by atoms with Gasteiger partial charge in [0.1, 0.15) is 0 Å². The molecular formula is C13H22N2S. The zero-order valence-electron chi connectivity index (χ0n) is 10.1. The molecule has 1 fully saturated rings. The largest absolute Gasteiger partial charge is 0.330 e. The van der Waals surface area contributed by atoms with Crippen LogP contribution in [0.25, 0.3) is 0 Å². The molecule has 2 N–H and O–H groups in total. The molecule has 3 heteroatoms. The van der Waals surface area contributed by atoms with E-state index in [0.29, 0.717) is 5.41 Å². The highest BCUT2D eigenvalue weighted by atomic mass is 32.1. The summed E-state index contributed by atoms with van der Waals surface area (Å²) in [6, 6.07) is 0. The van der Waals surface area contributed by atoms with Crippen molar-refractivity contribution in [2.24, 2.45) is 17.1 Å². The predicted octanol–water partition coefficient (Wildman–Crippen LogP) is 3.23. The van der Waals surface area contributed by atoms with Crippen molar-refractivity contribution in [3.8, 4) is 0 Å². The van der Waals surface area contributed by atoms with E-state index in [1.165, 1.54) is 37.1 Å². The fraction of sp³-hybridized carbons (Fsp3) is 0.769. The van der Waals surface area contributed by atoms with Crippen molar-refractivity contribution in [3.05, 3.63) is 16.6 Å². The number of thiazole rings is 1. The Labute approximate surface area is 102 Å². The molecule has 2 nitrogen and oxygen atoms in total. The molecule has 1 aromatic rings. The van der Waals surface area contributed by atoms with E-state index in [2.05, 4.69) is 17.3 Å². The van der Waals surface area contributed by atoms with Gasteiger partial charge in [0.25, 0.3) is 0 Å². The first-order valence-corrected chi connectivity index (χ1v) is 7.24. The monoisotopic (exact) mass is 238 g/mol. The zero-order valence-corrected chi connectivity index (χ0v) is 10.9. The average Bonchev–Trinajstić information content (AvgIpc) is 2.82. The Kier molecular flexibility index (Phi) is 3.98. The predicted molar refractivity (Wildman–Crippen MR) is 69.6 cm³/mol. The number of aromatic nitrogens is 1. The van der Waals surface area contributed by atoms with Gasteiger partial charge in [0.15, 0.2) is 0 Å². The smallest absolute Gasteiger partial charge is 0.0930 e. The highest BCUT2D eigenvalue weighted by Crippen LogP contribution is 2.42. The molecule has 1 aromatic heterocycles. The molecule has 1 saturated carbocycles. The summed E-state index contributed by atoms with van der Waals surface area (Å²) in [5.74, 6) is 0.886. The minimum atomic E-state index is 0.344. The maximum atomic E-state index is 6.05. The van der Waals surface area contributed by atoms with Crippen LogP contribution in [0.15, 0.2) is 11.6 Å². The van der Waals surface area contributed by atoms with E-state index in [1.54, 1.807) is 11.3 Å². The summed E-state index contributed by atoms with van der Waals surface area (Å²) in [5, 5.41) is 3.34. The number of hydrogen-bond donors (Lipinski definition) is 1. The van der Waals surface area contributed by atoms with E-state index in [9.17, 15) is 0 Å². The Morgan fingerprint density at radius 2 is 2.50 bits per heavy atom. The number of hydrogen-bond acceptors (Lipinski definition) is 3. The molecule has 0 amide bonds. The number of rotatable bonds is 4. The normalized spacial score (nSPS) is 30.5. The van der Waals surface area contributed by atoms with Gasteiger partial charge >= 0.3 is 0 Å². The Bertz CT molecular complexity index is 310. The highest BCUT2D eigenvalue weighted by Gasteiger charge is 2.35. The quantitative estimate of drug-likeness (QED) is 0.874. The van der Waals surface area contributed by atoms with Crippen LogP contribution in [0.1, 0.15) is 44.0 Å². The summed E-state index contributed by atoms with van der Waals surface area (Å²) < 4.78 is 0. The van der Waals surface area contributed by atoms with Gasteiger partial charge < -0.3 is 5.73 Å². The second kappa shape index (κ2) is 5.28. The fourth-order valence-corrected chi connectivity index (χ4v) is 3.80. The van der Waals surface area contributed by atoms with Crippen LogP contribution in [-0.2, 0) is 6.42 Å². The van der Waals surface area contributed by atoms with Crippen molar-refractivity contribution in [1.82, 2.24) is 4.98 Å². The molecule has 1 heterocycles. The third kappa shape index (κ3) is 2.64. The molecule has 1 aliphatic carbocycles. The van der Waals surface area contributed by atoms with Gasteiger partial charge in [-0.15, -0.1) is 11.3 Å². The van der Waals surface area contributed by atoms with E-state index in [0.717, 1.165) is 18.9 Å². The minimum Gasteiger partial charge on any atom is -0.330 e. The van der Waals surface area contributed by atoms with Gasteiger partial charge in [-0.3, -0.25) is 0 Å². The van der Waals surface area contributed by atoms with Crippen molar-refractivity contribution in [2.45, 2.75) is 45.4 Å². The van der Waals surface area contributed by atoms with Crippen molar-refractivity contribution < 1.29 is 0 Å². The van der Waals surface area contributed by atoms with Gasteiger partial charge in [0, 0.05) is 18.0 Å². The molecule has 2 rings (SSSR count). The second-order valence-electron chi connectivity index (χ2n) is 5.18. The summed E-state index contributed by atoms with van der Waals surface area (Å²) >= 11 is 1.77. The van der Waals surface area contributed by atoms with Crippen molar-refractivity contribution in [2.75, 3.05) is 6.54 Å². The van der Waals surface area contributed by atoms with Crippen LogP contribution in [0.4, 0.5) is 0 Å². The maximum Gasteiger partial charge on any atom is 0.0930 e. The summed E-state index contributed by atoms with van der Waals surface area (Å²) in [6.45, 7) is 3.13. The molecule has 0 bridgehead atoms. The topological polar surface area (TPSA) is 38.9 Å². The molecule has 0 radical (unpaired) electrons. The lowest BCUT2D eigenvalue weighted by atomic mass is 9.67. The molecular weight excluding hydrogens is 216 g/mol. The summed E-state index contributed by atoms with van der Waals surface area (Å²) in [7, 11) is 0. The molecule has 0 aliphatic heterocycles. The Morgan fingerprint density at radius 3 is 3.12 bits per heavy atom. The van der Waals surface area contributed by atoms with Gasteiger partial charge in [-0.1, -0.05) is 26.2 Å². The third-order valence-electron chi connectivity index (χ3n) is 4.06. The van der Waals surface area contributed by atoms with Crippen LogP contribution in [0, 0.1) is 11.3 Å². The second-order valence-corrected chi connectivity index (χ2v) is 6.16. The first-order valence-electron chi connectivity index (χ1n) is 6.36. The summed E-state index contributed by atoms with van der Waals surface area (Å²) in [5.41, 5.74) is 6.39. The van der Waals surface area contributed by atoms with Crippen LogP contribution in [0.5, 0.6) is 0 Å². The van der Waals surface area contributed by atoms with Crippen molar-refractivity contribution >= 4 is 11.3 Å². The SMILES string of the molecule is CCC1CCCC(CN)(Cc2nccs2)C1. The van der Waals surface area contributed by atoms with E-state index in [1.807, 2.05) is 6.20 Å². The lowest BCUT2D eigenvalue weighted by Crippen LogP contribution is -2.37. The summed E-state index contributed by atoms with van der Waals surface area (Å²) in [6.07, 6.45) is 9.65. The minimum absolute atomic E-state index is 0.344. The van der Waals surface area contributed by atoms with Crippen molar-refractivity contribution in [1.29, 1.82) is 0 Å². The molecule has 0 saturated heterocycles. The van der Waals surface area contributed by atoms with Crippen LogP contribution in [0.2, 0.25) is 0 Å². The molecule has 16 heavy (non-hydrogen) atoms. The Morgan fingerprint density at radius 1 is 1.62 bits per heavy atom. The molecule has 2 unspecified atom stereocenters. The highest BCUT2D eigenvalue weighted by molar-refractivity contribution is 7.09. The zero-order chi connectivity index (χ0) is 11.4. The maximum absolute atomic E-state index is 6.05. The molecule has 0 spiro atoms. The van der Waals surface area contributed by atoms with Gasteiger partial charge in [-0.05, 0) is 30.7 Å². The molecule has 0 aromatic carbocycles. The summed E-state index contributed by atoms with van der Waals surface area (Å²) in [4.78, 5) is 4.42. The molecule has 90 valence electrons. The van der Waals surface area contributed by atoms with Crippen LogP contribution in [0.3, 0.4) is 0 Å². The first kappa shape index (κ1) is 12.1. The van der Waals surface area contributed by atoms with Crippen LogP contribution < -0.4 is 5.73 Å². The van der Waals surface area contributed by atoms with Crippen molar-refractivity contribution in [3.63, 3.8) is 0 Å².